The van der Waals surface area contributed by atoms with Crippen LogP contribution in [0.2, 0.25) is 5.02 Å². The van der Waals surface area contributed by atoms with Gasteiger partial charge >= 0.3 is 0 Å². The standard InChI is InChI=1S/C16H22ClNO2S/c17-14-6-4-5-13(9-14)10-21-11-15(19)18-12-16(20)7-2-1-3-8-16/h4-6,9,20H,1-3,7-8,10-12H2,(H,18,19). The van der Waals surface area contributed by atoms with Gasteiger partial charge in [0.15, 0.2) is 0 Å². The quantitative estimate of drug-likeness (QED) is 0.842. The van der Waals surface area contributed by atoms with E-state index in [1.54, 1.807) is 11.8 Å². The lowest BCUT2D eigenvalue weighted by Crippen LogP contribution is -2.44. The summed E-state index contributed by atoms with van der Waals surface area (Å²) in [4.78, 5) is 11.8. The number of amides is 1. The summed E-state index contributed by atoms with van der Waals surface area (Å²) in [5.74, 6) is 1.15. The van der Waals surface area contributed by atoms with E-state index < -0.39 is 5.60 Å². The molecule has 21 heavy (non-hydrogen) atoms. The minimum absolute atomic E-state index is 0.0129. The van der Waals surface area contributed by atoms with Crippen LogP contribution >= 0.6 is 23.4 Å². The van der Waals surface area contributed by atoms with Crippen molar-refractivity contribution in [3.63, 3.8) is 0 Å². The zero-order chi connectivity index (χ0) is 15.1. The number of carbonyl (C=O) groups is 1. The lowest BCUT2D eigenvalue weighted by molar-refractivity contribution is -0.120. The molecule has 1 aromatic carbocycles. The molecule has 0 radical (unpaired) electrons. The van der Waals surface area contributed by atoms with Gasteiger partial charge in [-0.3, -0.25) is 4.79 Å². The Labute approximate surface area is 135 Å². The van der Waals surface area contributed by atoms with E-state index in [1.807, 2.05) is 24.3 Å². The van der Waals surface area contributed by atoms with Gasteiger partial charge in [-0.15, -0.1) is 11.8 Å². The lowest BCUT2D eigenvalue weighted by atomic mass is 9.85. The maximum Gasteiger partial charge on any atom is 0.230 e. The molecule has 0 bridgehead atoms. The first-order chi connectivity index (χ1) is 10.1. The number of halogens is 1. The Morgan fingerprint density at radius 3 is 2.81 bits per heavy atom. The van der Waals surface area contributed by atoms with Crippen molar-refractivity contribution in [2.24, 2.45) is 0 Å². The van der Waals surface area contributed by atoms with Gasteiger partial charge < -0.3 is 10.4 Å². The van der Waals surface area contributed by atoms with E-state index in [0.29, 0.717) is 12.3 Å². The Morgan fingerprint density at radius 2 is 2.10 bits per heavy atom. The first-order valence-electron chi connectivity index (χ1n) is 7.39. The number of hydrogen-bond acceptors (Lipinski definition) is 3. The SMILES string of the molecule is O=C(CSCc1cccc(Cl)c1)NCC1(O)CCCCC1. The zero-order valence-corrected chi connectivity index (χ0v) is 13.7. The number of carbonyl (C=O) groups excluding carboxylic acids is 1. The van der Waals surface area contributed by atoms with Crippen molar-refractivity contribution < 1.29 is 9.90 Å². The number of benzene rings is 1. The summed E-state index contributed by atoms with van der Waals surface area (Å²) < 4.78 is 0. The second kappa shape index (κ2) is 8.06. The fourth-order valence-corrected chi connectivity index (χ4v) is 3.61. The van der Waals surface area contributed by atoms with Gasteiger partial charge in [0.05, 0.1) is 11.4 Å². The summed E-state index contributed by atoms with van der Waals surface area (Å²) in [6.45, 7) is 0.379. The summed E-state index contributed by atoms with van der Waals surface area (Å²) in [6.07, 6.45) is 4.88. The minimum atomic E-state index is -0.689. The van der Waals surface area contributed by atoms with Gasteiger partial charge in [0, 0.05) is 17.3 Å². The first kappa shape index (κ1) is 16.7. The third kappa shape index (κ3) is 5.89. The molecule has 3 nitrogen and oxygen atoms in total. The van der Waals surface area contributed by atoms with Gasteiger partial charge in [-0.25, -0.2) is 0 Å². The van der Waals surface area contributed by atoms with Crippen molar-refractivity contribution in [2.75, 3.05) is 12.3 Å². The molecule has 0 aliphatic heterocycles. The third-order valence-corrected chi connectivity index (χ3v) is 5.03. The second-order valence-electron chi connectivity index (χ2n) is 5.68. The fraction of sp³-hybridized carbons (Fsp3) is 0.562. The molecule has 0 aromatic heterocycles. The second-order valence-corrected chi connectivity index (χ2v) is 7.11. The van der Waals surface area contributed by atoms with Crippen LogP contribution in [0.15, 0.2) is 24.3 Å². The van der Waals surface area contributed by atoms with Crippen LogP contribution in [0.1, 0.15) is 37.7 Å². The Bertz CT molecular complexity index is 475. The molecule has 116 valence electrons. The van der Waals surface area contributed by atoms with Crippen molar-refractivity contribution in [3.05, 3.63) is 34.9 Å². The zero-order valence-electron chi connectivity index (χ0n) is 12.1. The average molecular weight is 328 g/mol. The molecule has 1 aromatic rings. The number of aliphatic hydroxyl groups is 1. The Balaban J connectivity index is 1.65. The van der Waals surface area contributed by atoms with E-state index in [2.05, 4.69) is 5.32 Å². The molecule has 1 fully saturated rings. The highest BCUT2D eigenvalue weighted by Crippen LogP contribution is 2.27. The van der Waals surface area contributed by atoms with Gasteiger partial charge in [0.1, 0.15) is 0 Å². The van der Waals surface area contributed by atoms with Gasteiger partial charge in [-0.1, -0.05) is 43.0 Å². The van der Waals surface area contributed by atoms with Gasteiger partial charge in [-0.05, 0) is 30.5 Å². The Kier molecular flexibility index (Phi) is 6.40. The molecule has 1 amide bonds. The summed E-state index contributed by atoms with van der Waals surface area (Å²) in [5, 5.41) is 13.9. The van der Waals surface area contributed by atoms with Crippen LogP contribution in [0.4, 0.5) is 0 Å². The molecule has 0 saturated heterocycles. The van der Waals surface area contributed by atoms with Crippen LogP contribution < -0.4 is 5.32 Å². The lowest BCUT2D eigenvalue weighted by Gasteiger charge is -2.32. The highest BCUT2D eigenvalue weighted by atomic mass is 35.5. The summed E-state index contributed by atoms with van der Waals surface area (Å²) in [6, 6.07) is 7.67. The van der Waals surface area contributed by atoms with Crippen LogP contribution in [0.5, 0.6) is 0 Å². The van der Waals surface area contributed by atoms with Crippen LogP contribution in [0, 0.1) is 0 Å². The van der Waals surface area contributed by atoms with Gasteiger partial charge in [-0.2, -0.15) is 0 Å². The van der Waals surface area contributed by atoms with Crippen LogP contribution in [0.25, 0.3) is 0 Å². The van der Waals surface area contributed by atoms with Crippen LogP contribution in [0.3, 0.4) is 0 Å². The topological polar surface area (TPSA) is 49.3 Å². The number of hydrogen-bond donors (Lipinski definition) is 2. The van der Waals surface area contributed by atoms with E-state index in [9.17, 15) is 9.90 Å². The van der Waals surface area contributed by atoms with Gasteiger partial charge in [0.25, 0.3) is 0 Å². The highest BCUT2D eigenvalue weighted by Gasteiger charge is 2.29. The summed E-state index contributed by atoms with van der Waals surface area (Å²) >= 11 is 7.48. The molecule has 5 heteroatoms. The van der Waals surface area contributed by atoms with Crippen molar-refractivity contribution in [1.29, 1.82) is 0 Å². The van der Waals surface area contributed by atoms with Crippen molar-refractivity contribution in [1.82, 2.24) is 5.32 Å². The number of nitrogens with one attached hydrogen (secondary N) is 1. The molecule has 1 aliphatic rings. The van der Waals surface area contributed by atoms with E-state index in [1.165, 1.54) is 6.42 Å². The Morgan fingerprint density at radius 1 is 1.33 bits per heavy atom. The number of rotatable bonds is 6. The van der Waals surface area contributed by atoms with E-state index in [0.717, 1.165) is 42.0 Å². The Hall–Kier alpha value is -0.710. The molecule has 0 spiro atoms. The molecule has 0 atom stereocenters. The van der Waals surface area contributed by atoms with Crippen molar-refractivity contribution >= 4 is 29.3 Å². The first-order valence-corrected chi connectivity index (χ1v) is 8.92. The predicted molar refractivity (Wildman–Crippen MR) is 88.7 cm³/mol. The normalized spacial score (nSPS) is 17.4. The minimum Gasteiger partial charge on any atom is -0.388 e. The molecule has 0 heterocycles. The van der Waals surface area contributed by atoms with E-state index in [-0.39, 0.29) is 5.91 Å². The molecule has 1 aliphatic carbocycles. The molecule has 1 saturated carbocycles. The van der Waals surface area contributed by atoms with Gasteiger partial charge in [0.2, 0.25) is 5.91 Å². The smallest absolute Gasteiger partial charge is 0.230 e. The monoisotopic (exact) mass is 327 g/mol. The van der Waals surface area contributed by atoms with Crippen molar-refractivity contribution in [3.8, 4) is 0 Å². The molecular weight excluding hydrogens is 306 g/mol. The van der Waals surface area contributed by atoms with Crippen molar-refractivity contribution in [2.45, 2.75) is 43.5 Å². The predicted octanol–water partition coefficient (Wildman–Crippen LogP) is 3.38. The molecular formula is C16H22ClNO2S. The summed E-state index contributed by atoms with van der Waals surface area (Å²) in [5.41, 5.74) is 0.428. The summed E-state index contributed by atoms with van der Waals surface area (Å²) in [7, 11) is 0. The maximum absolute atomic E-state index is 11.8. The van der Waals surface area contributed by atoms with Crippen LogP contribution in [-0.4, -0.2) is 28.9 Å². The van der Waals surface area contributed by atoms with E-state index in [4.69, 9.17) is 11.6 Å². The van der Waals surface area contributed by atoms with E-state index >= 15 is 0 Å². The highest BCUT2D eigenvalue weighted by molar-refractivity contribution is 7.99. The maximum atomic E-state index is 11.8. The number of thioether (sulfide) groups is 1. The largest absolute Gasteiger partial charge is 0.388 e. The van der Waals surface area contributed by atoms with Crippen LogP contribution in [-0.2, 0) is 10.5 Å². The average Bonchev–Trinajstić information content (AvgIpc) is 2.46. The third-order valence-electron chi connectivity index (χ3n) is 3.79. The molecule has 0 unspecified atom stereocenters. The molecule has 2 rings (SSSR count). The fourth-order valence-electron chi connectivity index (χ4n) is 2.59. The molecule has 2 N–H and O–H groups in total.